The highest BCUT2D eigenvalue weighted by Gasteiger charge is 2.22. The van der Waals surface area contributed by atoms with Crippen molar-refractivity contribution >= 4 is 37.3 Å². The van der Waals surface area contributed by atoms with Crippen molar-refractivity contribution in [3.8, 4) is 0 Å². The Hall–Kier alpha value is -2.43. The molecule has 0 saturated heterocycles. The number of rotatable bonds is 7. The third-order valence-electron chi connectivity index (χ3n) is 3.97. The topological polar surface area (TPSA) is 121 Å². The fraction of sp³-hybridized carbons (Fsp3) is 0.235. The average molecular weight is 409 g/mol. The summed E-state index contributed by atoms with van der Waals surface area (Å²) in [6.07, 6.45) is 0.801. The molecule has 0 unspecified atom stereocenters. The molecule has 0 radical (unpaired) electrons. The smallest absolute Gasteiger partial charge is 0.261 e. The van der Waals surface area contributed by atoms with E-state index in [1.165, 1.54) is 36.4 Å². The summed E-state index contributed by atoms with van der Waals surface area (Å²) in [4.78, 5) is 11.5. The summed E-state index contributed by atoms with van der Waals surface area (Å²) >= 11 is 0. The van der Waals surface area contributed by atoms with Gasteiger partial charge < -0.3 is 5.32 Å². The van der Waals surface area contributed by atoms with Gasteiger partial charge in [0, 0.05) is 17.9 Å². The Balaban J connectivity index is 1.79. The molecule has 0 fully saturated rings. The molecule has 0 aromatic heterocycles. The lowest BCUT2D eigenvalue weighted by Gasteiger charge is -2.10. The normalized spacial score (nSPS) is 13.9. The Morgan fingerprint density at radius 2 is 1.63 bits per heavy atom. The first kappa shape index (κ1) is 19.3. The van der Waals surface area contributed by atoms with E-state index in [1.54, 1.807) is 6.07 Å². The highest BCUT2D eigenvalue weighted by molar-refractivity contribution is 7.92. The van der Waals surface area contributed by atoms with Crippen LogP contribution in [0.1, 0.15) is 18.9 Å². The molecule has 8 nitrogen and oxygen atoms in total. The van der Waals surface area contributed by atoms with E-state index in [-0.39, 0.29) is 27.8 Å². The fourth-order valence-electron chi connectivity index (χ4n) is 2.61. The Bertz CT molecular complexity index is 1080. The number of hydrogen-bond acceptors (Lipinski definition) is 5. The summed E-state index contributed by atoms with van der Waals surface area (Å²) in [5.74, 6) is -0.180. The van der Waals surface area contributed by atoms with Gasteiger partial charge in [-0.2, -0.15) is 0 Å². The first-order chi connectivity index (χ1) is 12.7. The minimum Gasteiger partial charge on any atom is -0.326 e. The van der Waals surface area contributed by atoms with Crippen molar-refractivity contribution in [2.75, 3.05) is 16.6 Å². The molecule has 0 aliphatic carbocycles. The van der Waals surface area contributed by atoms with Gasteiger partial charge in [-0.05, 0) is 54.4 Å². The van der Waals surface area contributed by atoms with Gasteiger partial charge in [0.2, 0.25) is 15.9 Å². The van der Waals surface area contributed by atoms with Crippen LogP contribution >= 0.6 is 0 Å². The van der Waals surface area contributed by atoms with Gasteiger partial charge in [-0.15, -0.1) is 0 Å². The highest BCUT2D eigenvalue weighted by atomic mass is 32.2. The Labute approximate surface area is 158 Å². The van der Waals surface area contributed by atoms with E-state index >= 15 is 0 Å². The van der Waals surface area contributed by atoms with Crippen LogP contribution in [0, 0.1) is 0 Å². The lowest BCUT2D eigenvalue weighted by molar-refractivity contribution is -0.115. The van der Waals surface area contributed by atoms with Crippen LogP contribution in [0.2, 0.25) is 0 Å². The Kier molecular flexibility index (Phi) is 5.22. The number of benzene rings is 2. The van der Waals surface area contributed by atoms with Crippen molar-refractivity contribution in [3.63, 3.8) is 0 Å². The van der Waals surface area contributed by atoms with Gasteiger partial charge in [0.1, 0.15) is 0 Å². The van der Waals surface area contributed by atoms with Crippen molar-refractivity contribution in [1.82, 2.24) is 4.72 Å². The minimum atomic E-state index is -3.87. The van der Waals surface area contributed by atoms with E-state index in [4.69, 9.17) is 0 Å². The summed E-state index contributed by atoms with van der Waals surface area (Å²) in [7, 11) is -7.48. The predicted molar refractivity (Wildman–Crippen MR) is 102 cm³/mol. The number of amides is 1. The summed E-state index contributed by atoms with van der Waals surface area (Å²) in [6.45, 7) is 2.18. The van der Waals surface area contributed by atoms with Crippen LogP contribution in [-0.4, -0.2) is 29.3 Å². The van der Waals surface area contributed by atoms with Crippen molar-refractivity contribution < 1.29 is 21.6 Å². The third kappa shape index (κ3) is 4.29. The van der Waals surface area contributed by atoms with E-state index in [0.717, 1.165) is 0 Å². The standard InChI is InChI=1S/C17H19N3O5S2/c1-2-9-18-26(22,23)14-5-3-13(4-6-14)20-27(24,25)15-7-8-16-12(10-15)11-17(21)19-16/h3-8,10,18,20H,2,9,11H2,1H3,(H,19,21). The first-order valence-electron chi connectivity index (χ1n) is 8.26. The summed E-state index contributed by atoms with van der Waals surface area (Å²) in [6, 6.07) is 9.84. The zero-order chi connectivity index (χ0) is 19.7. The zero-order valence-electron chi connectivity index (χ0n) is 14.5. The largest absolute Gasteiger partial charge is 0.326 e. The molecule has 2 aromatic carbocycles. The van der Waals surface area contributed by atoms with Crippen molar-refractivity contribution in [3.05, 3.63) is 48.0 Å². The van der Waals surface area contributed by atoms with E-state index in [2.05, 4.69) is 14.8 Å². The molecular weight excluding hydrogens is 390 g/mol. The third-order valence-corrected chi connectivity index (χ3v) is 6.83. The van der Waals surface area contributed by atoms with Crippen LogP contribution in [0.25, 0.3) is 0 Å². The van der Waals surface area contributed by atoms with Crippen molar-refractivity contribution in [2.45, 2.75) is 29.6 Å². The summed E-state index contributed by atoms with van der Waals surface area (Å²) in [5.41, 5.74) is 1.46. The Morgan fingerprint density at radius 1 is 0.963 bits per heavy atom. The molecule has 0 spiro atoms. The molecule has 0 saturated carbocycles. The van der Waals surface area contributed by atoms with Gasteiger partial charge in [-0.25, -0.2) is 21.6 Å². The Morgan fingerprint density at radius 3 is 2.30 bits per heavy atom. The zero-order valence-corrected chi connectivity index (χ0v) is 16.2. The van der Waals surface area contributed by atoms with Crippen LogP contribution in [0.3, 0.4) is 0 Å². The highest BCUT2D eigenvalue weighted by Crippen LogP contribution is 2.27. The second-order valence-electron chi connectivity index (χ2n) is 6.07. The molecule has 144 valence electrons. The lowest BCUT2D eigenvalue weighted by Crippen LogP contribution is -2.24. The van der Waals surface area contributed by atoms with Gasteiger partial charge in [0.25, 0.3) is 10.0 Å². The molecule has 1 aliphatic rings. The molecule has 3 N–H and O–H groups in total. The van der Waals surface area contributed by atoms with Crippen LogP contribution in [0.5, 0.6) is 0 Å². The van der Waals surface area contributed by atoms with Gasteiger partial charge in [0.05, 0.1) is 16.2 Å². The monoisotopic (exact) mass is 409 g/mol. The quantitative estimate of drug-likeness (QED) is 0.642. The van der Waals surface area contributed by atoms with Crippen molar-refractivity contribution in [2.24, 2.45) is 0 Å². The molecular formula is C17H19N3O5S2. The molecule has 2 aromatic rings. The number of hydrogen-bond donors (Lipinski definition) is 3. The summed E-state index contributed by atoms with van der Waals surface area (Å²) in [5, 5.41) is 2.64. The van der Waals surface area contributed by atoms with E-state index in [9.17, 15) is 21.6 Å². The van der Waals surface area contributed by atoms with Crippen LogP contribution in [0.4, 0.5) is 11.4 Å². The maximum absolute atomic E-state index is 12.6. The van der Waals surface area contributed by atoms with Gasteiger partial charge in [-0.1, -0.05) is 6.92 Å². The van der Waals surface area contributed by atoms with Gasteiger partial charge in [-0.3, -0.25) is 9.52 Å². The van der Waals surface area contributed by atoms with Gasteiger partial charge >= 0.3 is 0 Å². The van der Waals surface area contributed by atoms with E-state index in [0.29, 0.717) is 24.2 Å². The number of anilines is 2. The fourth-order valence-corrected chi connectivity index (χ4v) is 4.85. The van der Waals surface area contributed by atoms with Crippen LogP contribution < -0.4 is 14.8 Å². The maximum atomic E-state index is 12.6. The van der Waals surface area contributed by atoms with E-state index in [1.807, 2.05) is 6.92 Å². The van der Waals surface area contributed by atoms with Crippen molar-refractivity contribution in [1.29, 1.82) is 0 Å². The molecule has 27 heavy (non-hydrogen) atoms. The van der Waals surface area contributed by atoms with Crippen LogP contribution in [0.15, 0.2) is 52.3 Å². The average Bonchev–Trinajstić information content (AvgIpc) is 2.99. The first-order valence-corrected chi connectivity index (χ1v) is 11.2. The van der Waals surface area contributed by atoms with Gasteiger partial charge in [0.15, 0.2) is 0 Å². The predicted octanol–water partition coefficient (Wildman–Crippen LogP) is 1.67. The second-order valence-corrected chi connectivity index (χ2v) is 9.52. The molecule has 1 heterocycles. The molecule has 0 atom stereocenters. The maximum Gasteiger partial charge on any atom is 0.261 e. The number of fused-ring (bicyclic) bond motifs is 1. The summed E-state index contributed by atoms with van der Waals surface area (Å²) < 4.78 is 54.1. The number of carbonyl (C=O) groups is 1. The minimum absolute atomic E-state index is 0.0269. The molecule has 1 aliphatic heterocycles. The van der Waals surface area contributed by atoms with E-state index < -0.39 is 20.0 Å². The molecule has 3 rings (SSSR count). The lowest BCUT2D eigenvalue weighted by atomic mass is 10.2. The second kappa shape index (κ2) is 7.29. The number of sulfonamides is 2. The number of carbonyl (C=O) groups excluding carboxylic acids is 1. The SMILES string of the molecule is CCCNS(=O)(=O)c1ccc(NS(=O)(=O)c2ccc3c(c2)CC(=O)N3)cc1. The van der Waals surface area contributed by atoms with Crippen LogP contribution in [-0.2, 0) is 31.3 Å². The molecule has 0 bridgehead atoms. The molecule has 10 heteroatoms. The molecule has 1 amide bonds. The number of nitrogens with one attached hydrogen (secondary N) is 3.